The van der Waals surface area contributed by atoms with E-state index in [1.54, 1.807) is 45.4 Å². The van der Waals surface area contributed by atoms with Gasteiger partial charge in [-0.2, -0.15) is 0 Å². The molecule has 1 atom stereocenters. The number of anilines is 2. The highest BCUT2D eigenvalue weighted by molar-refractivity contribution is 8.15. The Morgan fingerprint density at radius 1 is 1.09 bits per heavy atom. The van der Waals surface area contributed by atoms with Crippen LogP contribution in [-0.4, -0.2) is 43.5 Å². The van der Waals surface area contributed by atoms with Gasteiger partial charge in [0.15, 0.2) is 0 Å². The number of hydrogen-bond acceptors (Lipinski definition) is 8. The zero-order valence-corrected chi connectivity index (χ0v) is 19.1. The Morgan fingerprint density at radius 3 is 2.44 bits per heavy atom. The molecule has 0 aromatic heterocycles. The van der Waals surface area contributed by atoms with Crippen molar-refractivity contribution in [2.24, 2.45) is 4.99 Å². The van der Waals surface area contributed by atoms with E-state index in [1.165, 1.54) is 18.9 Å². The minimum absolute atomic E-state index is 0.0641. The molecule has 1 aliphatic heterocycles. The number of amides is 1. The zero-order valence-electron chi connectivity index (χ0n) is 18.3. The summed E-state index contributed by atoms with van der Waals surface area (Å²) in [5.41, 5.74) is 2.70. The van der Waals surface area contributed by atoms with Gasteiger partial charge in [-0.05, 0) is 25.1 Å². The summed E-state index contributed by atoms with van der Waals surface area (Å²) in [5, 5.41) is 6.25. The largest absolute Gasteiger partial charge is 0.497 e. The maximum absolute atomic E-state index is 12.8. The van der Waals surface area contributed by atoms with Crippen LogP contribution >= 0.6 is 11.8 Å². The molecular weight excluding hydrogens is 430 g/mol. The number of nitrogens with zero attached hydrogens (tertiary/aromatic N) is 1. The molecule has 0 saturated carbocycles. The molecule has 0 radical (unpaired) electrons. The van der Waals surface area contributed by atoms with Gasteiger partial charge in [-0.25, -0.2) is 4.99 Å². The van der Waals surface area contributed by atoms with Gasteiger partial charge in [-0.15, -0.1) is 0 Å². The van der Waals surface area contributed by atoms with Crippen LogP contribution in [0.1, 0.15) is 13.3 Å². The van der Waals surface area contributed by atoms with E-state index in [-0.39, 0.29) is 18.3 Å². The first-order chi connectivity index (χ1) is 15.4. The molecule has 0 bridgehead atoms. The van der Waals surface area contributed by atoms with Crippen molar-refractivity contribution in [1.29, 1.82) is 0 Å². The molecule has 8 nitrogen and oxygen atoms in total. The van der Waals surface area contributed by atoms with E-state index in [0.29, 0.717) is 27.9 Å². The Hall–Kier alpha value is -3.46. The smallest absolute Gasteiger partial charge is 0.311 e. The van der Waals surface area contributed by atoms with Crippen LogP contribution in [0.15, 0.2) is 59.2 Å². The van der Waals surface area contributed by atoms with E-state index in [1.807, 2.05) is 24.3 Å². The highest BCUT2D eigenvalue weighted by Gasteiger charge is 2.20. The fraction of sp³-hybridized carbons (Fsp3) is 0.261. The number of hydrogen-bond donors (Lipinski definition) is 2. The Morgan fingerprint density at radius 2 is 1.78 bits per heavy atom. The molecule has 0 fully saturated rings. The van der Waals surface area contributed by atoms with Crippen LogP contribution in [0.4, 0.5) is 17.1 Å². The summed E-state index contributed by atoms with van der Waals surface area (Å²) >= 11 is 1.29. The van der Waals surface area contributed by atoms with Gasteiger partial charge in [-0.1, -0.05) is 23.9 Å². The number of para-hydroxylation sites is 2. The molecular formula is C23H25N3O5S. The monoisotopic (exact) mass is 455 g/mol. The van der Waals surface area contributed by atoms with E-state index >= 15 is 0 Å². The minimum atomic E-state index is -0.466. The second kappa shape index (κ2) is 10.7. The topological polar surface area (TPSA) is 98.3 Å². The second-order valence-electron chi connectivity index (χ2n) is 6.87. The van der Waals surface area contributed by atoms with E-state index in [0.717, 1.165) is 11.4 Å². The minimum Gasteiger partial charge on any atom is -0.497 e. The normalized spacial score (nSPS) is 13.4. The number of carbonyl (C=O) groups excluding carboxylic acids is 2. The highest BCUT2D eigenvalue weighted by atomic mass is 32.2. The summed E-state index contributed by atoms with van der Waals surface area (Å²) in [6.07, 6.45) is 1.83. The van der Waals surface area contributed by atoms with E-state index in [9.17, 15) is 9.59 Å². The van der Waals surface area contributed by atoms with Crippen LogP contribution in [0.5, 0.6) is 11.5 Å². The van der Waals surface area contributed by atoms with Gasteiger partial charge >= 0.3 is 5.97 Å². The van der Waals surface area contributed by atoms with Crippen molar-refractivity contribution < 1.29 is 23.8 Å². The van der Waals surface area contributed by atoms with Crippen molar-refractivity contribution in [2.75, 3.05) is 32.0 Å². The number of methoxy groups -OCH3 is 3. The van der Waals surface area contributed by atoms with Crippen molar-refractivity contribution in [3.63, 3.8) is 0 Å². The van der Waals surface area contributed by atoms with Crippen molar-refractivity contribution in [2.45, 2.75) is 18.6 Å². The fourth-order valence-corrected chi connectivity index (χ4v) is 3.82. The number of carbonyl (C=O) groups is 2. The number of benzene rings is 2. The van der Waals surface area contributed by atoms with E-state index < -0.39 is 5.25 Å². The molecule has 1 heterocycles. The predicted molar refractivity (Wildman–Crippen MR) is 127 cm³/mol. The van der Waals surface area contributed by atoms with Crippen LogP contribution in [0.3, 0.4) is 0 Å². The number of esters is 1. The van der Waals surface area contributed by atoms with Gasteiger partial charge in [-0.3, -0.25) is 9.59 Å². The molecule has 168 valence electrons. The molecule has 1 aliphatic rings. The van der Waals surface area contributed by atoms with Crippen LogP contribution < -0.4 is 20.1 Å². The van der Waals surface area contributed by atoms with Gasteiger partial charge in [0, 0.05) is 29.6 Å². The molecule has 32 heavy (non-hydrogen) atoms. The molecule has 9 heteroatoms. The van der Waals surface area contributed by atoms with E-state index in [2.05, 4.69) is 15.6 Å². The van der Waals surface area contributed by atoms with Crippen molar-refractivity contribution in [3.8, 4) is 11.5 Å². The first-order valence-corrected chi connectivity index (χ1v) is 10.7. The number of fused-ring (bicyclic) bond motifs is 1. The number of nitrogens with one attached hydrogen (secondary N) is 2. The zero-order chi connectivity index (χ0) is 23.1. The lowest BCUT2D eigenvalue weighted by atomic mass is 10.2. The molecule has 3 rings (SSSR count). The molecule has 0 unspecified atom stereocenters. The molecule has 0 saturated heterocycles. The first-order valence-electron chi connectivity index (χ1n) is 9.84. The third-order valence-corrected chi connectivity index (χ3v) is 5.59. The summed E-state index contributed by atoms with van der Waals surface area (Å²) in [4.78, 5) is 29.3. The molecule has 1 amide bonds. The number of thioether (sulfide) groups is 1. The lowest BCUT2D eigenvalue weighted by Gasteiger charge is -2.14. The lowest BCUT2D eigenvalue weighted by molar-refractivity contribution is -0.139. The maximum atomic E-state index is 12.8. The van der Waals surface area contributed by atoms with Crippen molar-refractivity contribution in [3.05, 3.63) is 54.2 Å². The second-order valence-corrected chi connectivity index (χ2v) is 8.23. The molecule has 2 aromatic carbocycles. The summed E-state index contributed by atoms with van der Waals surface area (Å²) in [5.74, 6) is 0.573. The van der Waals surface area contributed by atoms with Crippen molar-refractivity contribution in [1.82, 2.24) is 0 Å². The molecule has 0 aliphatic carbocycles. The number of ether oxygens (including phenoxy) is 3. The third-order valence-electron chi connectivity index (χ3n) is 4.58. The molecule has 0 spiro atoms. The SMILES string of the molecule is COC(=O)CC1=CC(S[C@H](C)C(=O)Nc2cc(OC)cc(OC)c2)=Nc2ccccc2N1. The Labute approximate surface area is 191 Å². The lowest BCUT2D eigenvalue weighted by Crippen LogP contribution is -2.23. The summed E-state index contributed by atoms with van der Waals surface area (Å²) in [6.45, 7) is 1.79. The number of aliphatic imine (C=N–C) groups is 1. The Kier molecular flexibility index (Phi) is 7.77. The molecule has 2 aromatic rings. The van der Waals surface area contributed by atoms with Crippen LogP contribution in [0, 0.1) is 0 Å². The fourth-order valence-electron chi connectivity index (χ4n) is 2.93. The summed E-state index contributed by atoms with van der Waals surface area (Å²) in [7, 11) is 4.44. The highest BCUT2D eigenvalue weighted by Crippen LogP contribution is 2.32. The van der Waals surface area contributed by atoms with Gasteiger partial charge < -0.3 is 24.8 Å². The van der Waals surface area contributed by atoms with Crippen LogP contribution in [0.25, 0.3) is 0 Å². The molecule has 2 N–H and O–H groups in total. The summed E-state index contributed by atoms with van der Waals surface area (Å²) < 4.78 is 15.3. The Bertz CT molecular complexity index is 1050. The number of rotatable bonds is 7. The Balaban J connectivity index is 1.79. The standard InChI is InChI=1S/C23H25N3O5S/c1-14(23(28)25-15-9-17(29-2)13-18(10-15)30-3)32-21-11-16(12-22(27)31-4)24-19-7-5-6-8-20(19)26-21/h5-11,13-14,24H,12H2,1-4H3,(H,25,28)/t14-/m1/s1. The van der Waals surface area contributed by atoms with Crippen LogP contribution in [0.2, 0.25) is 0 Å². The quantitative estimate of drug-likeness (QED) is 0.598. The van der Waals surface area contributed by atoms with E-state index in [4.69, 9.17) is 14.2 Å². The summed E-state index contributed by atoms with van der Waals surface area (Å²) in [6, 6.07) is 12.7. The van der Waals surface area contributed by atoms with Gasteiger partial charge in [0.05, 0.1) is 49.4 Å². The maximum Gasteiger partial charge on any atom is 0.311 e. The predicted octanol–water partition coefficient (Wildman–Crippen LogP) is 4.37. The third kappa shape index (κ3) is 6.04. The van der Waals surface area contributed by atoms with Crippen molar-refractivity contribution >= 4 is 45.7 Å². The van der Waals surface area contributed by atoms with Crippen LogP contribution in [-0.2, 0) is 14.3 Å². The van der Waals surface area contributed by atoms with Gasteiger partial charge in [0.2, 0.25) is 5.91 Å². The first kappa shape index (κ1) is 23.2. The average molecular weight is 456 g/mol. The van der Waals surface area contributed by atoms with Gasteiger partial charge in [0.1, 0.15) is 11.5 Å². The van der Waals surface area contributed by atoms with Gasteiger partial charge in [0.25, 0.3) is 0 Å². The average Bonchev–Trinajstić information content (AvgIpc) is 2.96.